The predicted molar refractivity (Wildman–Crippen MR) is 102 cm³/mol. The molecular weight excluding hydrogens is 423 g/mol. The molecule has 0 aliphatic rings. The molecule has 7 heteroatoms. The molecule has 0 amide bonds. The Morgan fingerprint density at radius 1 is 1.12 bits per heavy atom. The normalized spacial score (nSPS) is 10.3. The quantitative estimate of drug-likeness (QED) is 0.367. The first-order valence-corrected chi connectivity index (χ1v) is 8.69. The van der Waals surface area contributed by atoms with E-state index >= 15 is 0 Å². The van der Waals surface area contributed by atoms with Crippen LogP contribution in [0.2, 0.25) is 0 Å². The van der Waals surface area contributed by atoms with Crippen LogP contribution in [0.1, 0.15) is 19.4 Å². The Kier molecular flexibility index (Phi) is 6.65. The van der Waals surface area contributed by atoms with E-state index in [1.807, 2.05) is 26.0 Å². The minimum Gasteiger partial charge on any atom is -0.490 e. The molecule has 0 saturated heterocycles. The molecule has 2 aromatic rings. The van der Waals surface area contributed by atoms with Gasteiger partial charge in [-0.3, -0.25) is 10.1 Å². The van der Waals surface area contributed by atoms with E-state index in [9.17, 15) is 10.1 Å². The summed E-state index contributed by atoms with van der Waals surface area (Å²) in [5.41, 5.74) is 1.95. The molecule has 0 fully saturated rings. The smallest absolute Gasteiger partial charge is 0.269 e. The van der Waals surface area contributed by atoms with E-state index in [0.29, 0.717) is 19.8 Å². The highest BCUT2D eigenvalue weighted by atomic mass is 127. The topological polar surface area (TPSA) is 73.6 Å². The first-order valence-electron chi connectivity index (χ1n) is 7.61. The van der Waals surface area contributed by atoms with Crippen LogP contribution in [0.4, 0.5) is 11.4 Å². The van der Waals surface area contributed by atoms with Gasteiger partial charge < -0.3 is 14.8 Å². The summed E-state index contributed by atoms with van der Waals surface area (Å²) in [7, 11) is 0. The number of halogens is 1. The number of nitrogens with one attached hydrogen (secondary N) is 1. The maximum atomic E-state index is 10.7. The van der Waals surface area contributed by atoms with Gasteiger partial charge in [-0.05, 0) is 66.3 Å². The summed E-state index contributed by atoms with van der Waals surface area (Å²) in [5.74, 6) is 1.49. The zero-order chi connectivity index (χ0) is 17.5. The van der Waals surface area contributed by atoms with E-state index in [-0.39, 0.29) is 5.69 Å². The molecule has 0 unspecified atom stereocenters. The summed E-state index contributed by atoms with van der Waals surface area (Å²) >= 11 is 2.23. The Hall–Kier alpha value is -2.03. The van der Waals surface area contributed by atoms with Gasteiger partial charge in [0, 0.05) is 24.4 Å². The Morgan fingerprint density at radius 3 is 2.38 bits per heavy atom. The molecule has 2 rings (SSSR count). The lowest BCUT2D eigenvalue weighted by atomic mass is 10.2. The van der Waals surface area contributed by atoms with Gasteiger partial charge in [0.15, 0.2) is 11.5 Å². The van der Waals surface area contributed by atoms with E-state index < -0.39 is 4.92 Å². The monoisotopic (exact) mass is 442 g/mol. The minimum atomic E-state index is -0.410. The second kappa shape index (κ2) is 8.72. The van der Waals surface area contributed by atoms with E-state index in [1.165, 1.54) is 12.1 Å². The second-order valence-electron chi connectivity index (χ2n) is 4.93. The third-order valence-electron chi connectivity index (χ3n) is 3.23. The number of hydrogen-bond acceptors (Lipinski definition) is 5. The lowest BCUT2D eigenvalue weighted by molar-refractivity contribution is -0.384. The summed E-state index contributed by atoms with van der Waals surface area (Å²) in [5, 5.41) is 13.9. The predicted octanol–water partition coefficient (Wildman–Crippen LogP) is 4.61. The zero-order valence-corrected chi connectivity index (χ0v) is 15.7. The molecular formula is C17H19IN2O4. The van der Waals surface area contributed by atoms with Crippen molar-refractivity contribution < 1.29 is 14.4 Å². The van der Waals surface area contributed by atoms with Crippen molar-refractivity contribution in [2.24, 2.45) is 0 Å². The maximum Gasteiger partial charge on any atom is 0.269 e. The molecule has 0 atom stereocenters. The Bertz CT molecular complexity index is 704. The highest BCUT2D eigenvalue weighted by Crippen LogP contribution is 2.34. The van der Waals surface area contributed by atoms with Crippen molar-refractivity contribution in [2.45, 2.75) is 20.4 Å². The zero-order valence-electron chi connectivity index (χ0n) is 13.5. The molecule has 0 heterocycles. The molecule has 2 aromatic carbocycles. The molecule has 1 N–H and O–H groups in total. The fourth-order valence-electron chi connectivity index (χ4n) is 2.18. The van der Waals surface area contributed by atoms with Gasteiger partial charge in [0.1, 0.15) is 0 Å². The number of nitro groups is 1. The van der Waals surface area contributed by atoms with Crippen LogP contribution in [0.25, 0.3) is 0 Å². The van der Waals surface area contributed by atoms with Gasteiger partial charge in [-0.1, -0.05) is 0 Å². The van der Waals surface area contributed by atoms with Crippen LogP contribution in [0, 0.1) is 13.7 Å². The van der Waals surface area contributed by atoms with E-state index in [4.69, 9.17) is 9.47 Å². The van der Waals surface area contributed by atoms with Crippen LogP contribution >= 0.6 is 22.6 Å². The average molecular weight is 442 g/mol. The number of nitro benzene ring substituents is 1. The third-order valence-corrected chi connectivity index (χ3v) is 4.03. The van der Waals surface area contributed by atoms with Gasteiger partial charge in [-0.15, -0.1) is 0 Å². The molecule has 0 aromatic heterocycles. The third kappa shape index (κ3) is 4.73. The molecule has 0 radical (unpaired) electrons. The van der Waals surface area contributed by atoms with E-state index in [0.717, 1.165) is 26.3 Å². The number of ether oxygens (including phenoxy) is 2. The van der Waals surface area contributed by atoms with Crippen LogP contribution in [-0.2, 0) is 6.54 Å². The van der Waals surface area contributed by atoms with Gasteiger partial charge in [0.2, 0.25) is 0 Å². The Morgan fingerprint density at radius 2 is 1.79 bits per heavy atom. The molecule has 24 heavy (non-hydrogen) atoms. The number of non-ortho nitro benzene ring substituents is 1. The largest absolute Gasteiger partial charge is 0.490 e. The summed E-state index contributed by atoms with van der Waals surface area (Å²) in [4.78, 5) is 10.3. The highest BCUT2D eigenvalue weighted by Gasteiger charge is 2.12. The van der Waals surface area contributed by atoms with Crippen molar-refractivity contribution in [1.29, 1.82) is 0 Å². The van der Waals surface area contributed by atoms with Crippen molar-refractivity contribution in [3.8, 4) is 11.5 Å². The highest BCUT2D eigenvalue weighted by molar-refractivity contribution is 14.1. The average Bonchev–Trinajstić information content (AvgIpc) is 2.56. The van der Waals surface area contributed by atoms with Gasteiger partial charge in [0.25, 0.3) is 5.69 Å². The Labute approximate surface area is 154 Å². The molecule has 6 nitrogen and oxygen atoms in total. The first kappa shape index (κ1) is 18.3. The molecule has 0 aliphatic carbocycles. The summed E-state index contributed by atoms with van der Waals surface area (Å²) in [6.07, 6.45) is 0. The number of nitrogens with zero attached hydrogens (tertiary/aromatic N) is 1. The summed E-state index contributed by atoms with van der Waals surface area (Å²) in [6, 6.07) is 10.3. The van der Waals surface area contributed by atoms with Crippen LogP contribution in [0.3, 0.4) is 0 Å². The van der Waals surface area contributed by atoms with Gasteiger partial charge in [-0.25, -0.2) is 0 Å². The van der Waals surface area contributed by atoms with Gasteiger partial charge >= 0.3 is 0 Å². The second-order valence-corrected chi connectivity index (χ2v) is 6.09. The van der Waals surface area contributed by atoms with Gasteiger partial charge in [-0.2, -0.15) is 0 Å². The number of benzene rings is 2. The van der Waals surface area contributed by atoms with Gasteiger partial charge in [0.05, 0.1) is 21.7 Å². The van der Waals surface area contributed by atoms with E-state index in [1.54, 1.807) is 12.1 Å². The van der Waals surface area contributed by atoms with Crippen LogP contribution in [0.15, 0.2) is 36.4 Å². The summed E-state index contributed by atoms with van der Waals surface area (Å²) in [6.45, 7) is 5.60. The minimum absolute atomic E-state index is 0.0785. The Balaban J connectivity index is 2.12. The summed E-state index contributed by atoms with van der Waals surface area (Å²) < 4.78 is 12.3. The lowest BCUT2D eigenvalue weighted by Gasteiger charge is -2.15. The van der Waals surface area contributed by atoms with Crippen molar-refractivity contribution in [3.63, 3.8) is 0 Å². The van der Waals surface area contributed by atoms with Crippen molar-refractivity contribution in [1.82, 2.24) is 0 Å². The number of hydrogen-bond donors (Lipinski definition) is 1. The van der Waals surface area contributed by atoms with Crippen molar-refractivity contribution >= 4 is 34.0 Å². The molecule has 0 spiro atoms. The number of anilines is 1. The standard InChI is InChI=1S/C17H19IN2O4/c1-3-23-16-10-12(9-15(18)17(16)24-4-2)11-19-13-5-7-14(8-6-13)20(21)22/h5-10,19H,3-4,11H2,1-2H3. The molecule has 0 bridgehead atoms. The van der Waals surface area contributed by atoms with E-state index in [2.05, 4.69) is 27.9 Å². The van der Waals surface area contributed by atoms with Crippen LogP contribution in [-0.4, -0.2) is 18.1 Å². The SMILES string of the molecule is CCOc1cc(CNc2ccc([N+](=O)[O-])cc2)cc(I)c1OCC. The van der Waals surface area contributed by atoms with Crippen LogP contribution < -0.4 is 14.8 Å². The molecule has 0 aliphatic heterocycles. The fraction of sp³-hybridized carbons (Fsp3) is 0.294. The lowest BCUT2D eigenvalue weighted by Crippen LogP contribution is -2.04. The molecule has 0 saturated carbocycles. The van der Waals surface area contributed by atoms with Crippen molar-refractivity contribution in [2.75, 3.05) is 18.5 Å². The first-order chi connectivity index (χ1) is 11.5. The van der Waals surface area contributed by atoms with Crippen LogP contribution in [0.5, 0.6) is 11.5 Å². The fourth-order valence-corrected chi connectivity index (χ4v) is 3.00. The maximum absolute atomic E-state index is 10.7. The van der Waals surface area contributed by atoms with Crippen molar-refractivity contribution in [3.05, 3.63) is 55.6 Å². The number of rotatable bonds is 8. The molecule has 128 valence electrons.